The summed E-state index contributed by atoms with van der Waals surface area (Å²) in [6.07, 6.45) is 9.09. The van der Waals surface area contributed by atoms with E-state index in [4.69, 9.17) is 5.73 Å². The van der Waals surface area contributed by atoms with Crippen LogP contribution in [0.5, 0.6) is 0 Å². The second kappa shape index (κ2) is 4.99. The Morgan fingerprint density at radius 2 is 1.76 bits per heavy atom. The molecule has 1 saturated carbocycles. The lowest BCUT2D eigenvalue weighted by Gasteiger charge is -2.43. The molecule has 2 heteroatoms. The van der Waals surface area contributed by atoms with E-state index in [0.717, 1.165) is 0 Å². The van der Waals surface area contributed by atoms with Crippen molar-refractivity contribution in [3.8, 4) is 0 Å². The predicted molar refractivity (Wildman–Crippen MR) is 74.7 cm³/mol. The van der Waals surface area contributed by atoms with Crippen LogP contribution >= 0.6 is 12.4 Å². The second-order valence-corrected chi connectivity index (χ2v) is 5.63. The highest BCUT2D eigenvalue weighted by atomic mass is 35.5. The summed E-state index contributed by atoms with van der Waals surface area (Å²) in [6.45, 7) is 0. The number of fused-ring (bicyclic) bond motifs is 2. The lowest BCUT2D eigenvalue weighted by molar-refractivity contribution is 0.237. The molecule has 17 heavy (non-hydrogen) atoms. The number of hydrogen-bond donors (Lipinski definition) is 1. The van der Waals surface area contributed by atoms with Crippen LogP contribution in [0.2, 0.25) is 0 Å². The van der Waals surface area contributed by atoms with Crippen molar-refractivity contribution in [2.75, 3.05) is 0 Å². The average molecular weight is 252 g/mol. The third-order valence-corrected chi connectivity index (χ3v) is 4.68. The van der Waals surface area contributed by atoms with E-state index in [2.05, 4.69) is 24.3 Å². The Bertz CT molecular complexity index is 380. The monoisotopic (exact) mass is 251 g/mol. The zero-order valence-electron chi connectivity index (χ0n) is 10.3. The van der Waals surface area contributed by atoms with E-state index in [-0.39, 0.29) is 12.4 Å². The fourth-order valence-corrected chi connectivity index (χ4v) is 3.72. The van der Waals surface area contributed by atoms with Crippen molar-refractivity contribution in [1.82, 2.24) is 0 Å². The first-order chi connectivity index (χ1) is 7.80. The van der Waals surface area contributed by atoms with Gasteiger partial charge in [0, 0.05) is 6.04 Å². The van der Waals surface area contributed by atoms with Gasteiger partial charge in [-0.15, -0.1) is 12.4 Å². The van der Waals surface area contributed by atoms with Gasteiger partial charge in [0.1, 0.15) is 0 Å². The number of nitrogens with two attached hydrogens (primary N) is 1. The fourth-order valence-electron chi connectivity index (χ4n) is 3.72. The second-order valence-electron chi connectivity index (χ2n) is 5.63. The van der Waals surface area contributed by atoms with Crippen molar-refractivity contribution in [2.24, 2.45) is 5.73 Å². The molecular weight excluding hydrogens is 230 g/mol. The molecule has 94 valence electrons. The van der Waals surface area contributed by atoms with Gasteiger partial charge in [0.2, 0.25) is 0 Å². The molecule has 1 nitrogen and oxygen atoms in total. The number of aryl methyl sites for hydroxylation is 1. The van der Waals surface area contributed by atoms with Crippen molar-refractivity contribution in [2.45, 2.75) is 56.4 Å². The highest BCUT2D eigenvalue weighted by Crippen LogP contribution is 2.46. The van der Waals surface area contributed by atoms with E-state index in [1.807, 2.05) is 0 Å². The summed E-state index contributed by atoms with van der Waals surface area (Å²) in [5.41, 5.74) is 9.78. The van der Waals surface area contributed by atoms with Crippen LogP contribution in [0.4, 0.5) is 0 Å². The standard InChI is InChI=1S/C15H21N.ClH/c16-13-7-10-15(11-8-13)9-3-5-12-4-1-2-6-14(12)15;/h1-2,4,6,13H,3,5,7-11,16H2;1H. The molecule has 2 aliphatic rings. The number of benzene rings is 1. The Morgan fingerprint density at radius 1 is 1.06 bits per heavy atom. The molecule has 2 N–H and O–H groups in total. The van der Waals surface area contributed by atoms with Crippen LogP contribution < -0.4 is 5.73 Å². The maximum absolute atomic E-state index is 6.04. The first-order valence-corrected chi connectivity index (χ1v) is 6.64. The molecule has 0 heterocycles. The van der Waals surface area contributed by atoms with Gasteiger partial charge in [0.25, 0.3) is 0 Å². The van der Waals surface area contributed by atoms with E-state index in [1.54, 1.807) is 11.1 Å². The lowest BCUT2D eigenvalue weighted by Crippen LogP contribution is -2.39. The van der Waals surface area contributed by atoms with Gasteiger partial charge in [-0.25, -0.2) is 0 Å². The third-order valence-electron chi connectivity index (χ3n) is 4.68. The van der Waals surface area contributed by atoms with Crippen LogP contribution in [0.25, 0.3) is 0 Å². The fraction of sp³-hybridized carbons (Fsp3) is 0.600. The average Bonchev–Trinajstić information content (AvgIpc) is 2.34. The van der Waals surface area contributed by atoms with Crippen LogP contribution in [0, 0.1) is 0 Å². The minimum atomic E-state index is 0. The number of hydrogen-bond acceptors (Lipinski definition) is 1. The smallest absolute Gasteiger partial charge is 0.00394 e. The summed E-state index contributed by atoms with van der Waals surface area (Å²) in [7, 11) is 0. The van der Waals surface area contributed by atoms with Gasteiger partial charge >= 0.3 is 0 Å². The van der Waals surface area contributed by atoms with Crippen LogP contribution in [-0.2, 0) is 11.8 Å². The summed E-state index contributed by atoms with van der Waals surface area (Å²) in [4.78, 5) is 0. The summed E-state index contributed by atoms with van der Waals surface area (Å²) in [5.74, 6) is 0. The molecule has 0 amide bonds. The van der Waals surface area contributed by atoms with Crippen molar-refractivity contribution in [3.63, 3.8) is 0 Å². The van der Waals surface area contributed by atoms with Gasteiger partial charge in [-0.05, 0) is 61.5 Å². The van der Waals surface area contributed by atoms with Crippen LogP contribution in [-0.4, -0.2) is 6.04 Å². The van der Waals surface area contributed by atoms with Crippen molar-refractivity contribution < 1.29 is 0 Å². The zero-order valence-corrected chi connectivity index (χ0v) is 11.1. The molecular formula is C15H22ClN. The minimum absolute atomic E-state index is 0. The molecule has 1 fully saturated rings. The first kappa shape index (κ1) is 12.9. The molecule has 0 bridgehead atoms. The Kier molecular flexibility index (Phi) is 3.79. The van der Waals surface area contributed by atoms with Crippen LogP contribution in [0.3, 0.4) is 0 Å². The Labute approximate surface area is 110 Å². The molecule has 1 spiro atoms. The SMILES string of the molecule is Cl.NC1CCC2(CCCc3ccccc32)CC1. The van der Waals surface area contributed by atoms with E-state index < -0.39 is 0 Å². The quantitative estimate of drug-likeness (QED) is 0.749. The molecule has 0 saturated heterocycles. The maximum atomic E-state index is 6.04. The molecule has 2 aliphatic carbocycles. The Morgan fingerprint density at radius 3 is 2.53 bits per heavy atom. The van der Waals surface area contributed by atoms with Gasteiger partial charge in [-0.3, -0.25) is 0 Å². The van der Waals surface area contributed by atoms with E-state index in [0.29, 0.717) is 11.5 Å². The van der Waals surface area contributed by atoms with Crippen molar-refractivity contribution >= 4 is 12.4 Å². The summed E-state index contributed by atoms with van der Waals surface area (Å²) in [6, 6.07) is 9.54. The van der Waals surface area contributed by atoms with E-state index in [9.17, 15) is 0 Å². The van der Waals surface area contributed by atoms with Crippen molar-refractivity contribution in [3.05, 3.63) is 35.4 Å². The summed E-state index contributed by atoms with van der Waals surface area (Å²) in [5, 5.41) is 0. The Balaban J connectivity index is 0.00000108. The zero-order chi connectivity index (χ0) is 11.0. The van der Waals surface area contributed by atoms with Crippen LogP contribution in [0.1, 0.15) is 49.7 Å². The van der Waals surface area contributed by atoms with Crippen molar-refractivity contribution in [1.29, 1.82) is 0 Å². The van der Waals surface area contributed by atoms with Gasteiger partial charge in [0.15, 0.2) is 0 Å². The normalized spacial score (nSPS) is 31.7. The maximum Gasteiger partial charge on any atom is 0.00394 e. The van der Waals surface area contributed by atoms with E-state index in [1.165, 1.54) is 44.9 Å². The predicted octanol–water partition coefficient (Wildman–Crippen LogP) is 3.58. The highest BCUT2D eigenvalue weighted by molar-refractivity contribution is 5.85. The van der Waals surface area contributed by atoms with Gasteiger partial charge in [-0.1, -0.05) is 24.3 Å². The topological polar surface area (TPSA) is 26.0 Å². The Hall–Kier alpha value is -0.530. The van der Waals surface area contributed by atoms with E-state index >= 15 is 0 Å². The molecule has 0 atom stereocenters. The molecule has 0 radical (unpaired) electrons. The molecule has 3 rings (SSSR count). The largest absolute Gasteiger partial charge is 0.328 e. The molecule has 0 aliphatic heterocycles. The van der Waals surface area contributed by atoms with Gasteiger partial charge in [0.05, 0.1) is 0 Å². The van der Waals surface area contributed by atoms with Crippen LogP contribution in [0.15, 0.2) is 24.3 Å². The van der Waals surface area contributed by atoms with Gasteiger partial charge in [-0.2, -0.15) is 0 Å². The highest BCUT2D eigenvalue weighted by Gasteiger charge is 2.38. The van der Waals surface area contributed by atoms with Gasteiger partial charge < -0.3 is 5.73 Å². The number of rotatable bonds is 0. The molecule has 0 aromatic heterocycles. The lowest BCUT2D eigenvalue weighted by atomic mass is 9.62. The summed E-state index contributed by atoms with van der Waals surface area (Å²) >= 11 is 0. The molecule has 1 aromatic rings. The molecule has 0 unspecified atom stereocenters. The molecule has 1 aromatic carbocycles. The first-order valence-electron chi connectivity index (χ1n) is 6.64. The number of halogens is 1. The summed E-state index contributed by atoms with van der Waals surface area (Å²) < 4.78 is 0. The minimum Gasteiger partial charge on any atom is -0.328 e. The third kappa shape index (κ3) is 2.23.